The van der Waals surface area contributed by atoms with E-state index in [4.69, 9.17) is 37.1 Å². The molecule has 9 nitrogen and oxygen atoms in total. The van der Waals surface area contributed by atoms with Crippen molar-refractivity contribution in [1.82, 2.24) is 15.6 Å². The monoisotopic (exact) mass is 574 g/mol. The van der Waals surface area contributed by atoms with Crippen LogP contribution in [0.4, 0.5) is 0 Å². The first-order valence-electron chi connectivity index (χ1n) is 9.36. The molecule has 0 radical (unpaired) electrons. The molecule has 0 saturated heterocycles. The molecule has 174 valence electrons. The number of carbonyl (C=O) groups excluding carboxylic acids is 1. The lowest BCUT2D eigenvalue weighted by molar-refractivity contribution is -0.118. The number of benzene rings is 2. The third kappa shape index (κ3) is 7.53. The van der Waals surface area contributed by atoms with Crippen molar-refractivity contribution in [1.29, 1.82) is 0 Å². The predicted molar refractivity (Wildman–Crippen MR) is 129 cm³/mol. The van der Waals surface area contributed by atoms with Crippen molar-refractivity contribution in [3.05, 3.63) is 56.3 Å². The first-order chi connectivity index (χ1) is 15.9. The SMILES string of the molecule is CCOc1cc(/C=N\NC(=O)CSc2nnc(COc3ccc(Cl)cc3Cl)o2)cc(Br)c1O. The van der Waals surface area contributed by atoms with Gasteiger partial charge in [0.05, 0.1) is 28.1 Å². The maximum absolute atomic E-state index is 12.0. The van der Waals surface area contributed by atoms with Gasteiger partial charge in [-0.15, -0.1) is 10.2 Å². The van der Waals surface area contributed by atoms with Crippen LogP contribution in [0.15, 0.2) is 49.5 Å². The highest BCUT2D eigenvalue weighted by Gasteiger charge is 2.12. The summed E-state index contributed by atoms with van der Waals surface area (Å²) in [7, 11) is 0. The van der Waals surface area contributed by atoms with Crippen molar-refractivity contribution in [2.24, 2.45) is 5.10 Å². The van der Waals surface area contributed by atoms with Crippen molar-refractivity contribution in [3.63, 3.8) is 0 Å². The largest absolute Gasteiger partial charge is 0.503 e. The molecule has 0 aliphatic carbocycles. The number of amides is 1. The van der Waals surface area contributed by atoms with E-state index >= 15 is 0 Å². The summed E-state index contributed by atoms with van der Waals surface area (Å²) in [5, 5.41) is 22.6. The van der Waals surface area contributed by atoms with E-state index < -0.39 is 0 Å². The Balaban J connectivity index is 1.46. The Labute approximate surface area is 211 Å². The molecule has 1 aromatic heterocycles. The second-order valence-corrected chi connectivity index (χ2v) is 8.81. The molecule has 0 bridgehead atoms. The number of nitrogens with zero attached hydrogens (tertiary/aromatic N) is 3. The summed E-state index contributed by atoms with van der Waals surface area (Å²) >= 11 is 16.2. The van der Waals surface area contributed by atoms with Gasteiger partial charge in [0.2, 0.25) is 0 Å². The molecule has 3 rings (SSSR count). The molecule has 33 heavy (non-hydrogen) atoms. The Kier molecular flexibility index (Phi) is 9.24. The molecule has 3 aromatic rings. The van der Waals surface area contributed by atoms with Gasteiger partial charge in [0, 0.05) is 5.02 Å². The summed E-state index contributed by atoms with van der Waals surface area (Å²) in [5.74, 6) is 0.597. The number of ether oxygens (including phenoxy) is 2. The molecule has 13 heteroatoms. The molecular formula is C20H17BrCl2N4O5S. The summed E-state index contributed by atoms with van der Waals surface area (Å²) in [5.41, 5.74) is 3.03. The molecule has 2 aromatic carbocycles. The molecule has 1 amide bonds. The van der Waals surface area contributed by atoms with E-state index in [-0.39, 0.29) is 35.1 Å². The minimum Gasteiger partial charge on any atom is -0.503 e. The number of nitrogens with one attached hydrogen (secondary N) is 1. The Morgan fingerprint density at radius 2 is 2.09 bits per heavy atom. The topological polar surface area (TPSA) is 119 Å². The Morgan fingerprint density at radius 1 is 1.27 bits per heavy atom. The van der Waals surface area contributed by atoms with Crippen LogP contribution in [-0.4, -0.2) is 39.8 Å². The highest BCUT2D eigenvalue weighted by Crippen LogP contribution is 2.35. The van der Waals surface area contributed by atoms with Crippen LogP contribution >= 0.6 is 50.9 Å². The van der Waals surface area contributed by atoms with Gasteiger partial charge in [0.15, 0.2) is 18.1 Å². The van der Waals surface area contributed by atoms with Gasteiger partial charge in [0.25, 0.3) is 17.0 Å². The van der Waals surface area contributed by atoms with Crippen LogP contribution in [0.25, 0.3) is 0 Å². The van der Waals surface area contributed by atoms with Crippen LogP contribution in [0.5, 0.6) is 17.2 Å². The van der Waals surface area contributed by atoms with E-state index in [1.165, 1.54) is 6.21 Å². The number of halogens is 3. The van der Waals surface area contributed by atoms with Crippen molar-refractivity contribution in [2.45, 2.75) is 18.8 Å². The van der Waals surface area contributed by atoms with E-state index in [9.17, 15) is 9.90 Å². The van der Waals surface area contributed by atoms with Crippen LogP contribution in [-0.2, 0) is 11.4 Å². The zero-order valence-corrected chi connectivity index (χ0v) is 21.0. The number of aromatic hydroxyl groups is 1. The molecule has 1 heterocycles. The molecule has 0 unspecified atom stereocenters. The van der Waals surface area contributed by atoms with Gasteiger partial charge in [-0.2, -0.15) is 5.10 Å². The number of phenols is 1. The Bertz CT molecular complexity index is 1160. The van der Waals surface area contributed by atoms with Gasteiger partial charge in [-0.1, -0.05) is 35.0 Å². The molecule has 2 N–H and O–H groups in total. The van der Waals surface area contributed by atoms with E-state index in [1.807, 2.05) is 0 Å². The standard InChI is InChI=1S/C20H17BrCl2N4O5S/c1-2-30-16-6-11(5-13(21)19(16)29)8-24-25-17(28)10-33-20-27-26-18(32-20)9-31-15-4-3-12(22)7-14(15)23/h3-8,29H,2,9-10H2,1H3,(H,25,28)/b24-8-. The minimum absolute atomic E-state index is 0.00461. The molecule has 0 fully saturated rings. The van der Waals surface area contributed by atoms with Crippen molar-refractivity contribution in [2.75, 3.05) is 12.4 Å². The van der Waals surface area contributed by atoms with Crippen molar-refractivity contribution < 1.29 is 23.8 Å². The lowest BCUT2D eigenvalue weighted by Crippen LogP contribution is -2.19. The van der Waals surface area contributed by atoms with Crippen molar-refractivity contribution in [3.8, 4) is 17.2 Å². The van der Waals surface area contributed by atoms with Crippen molar-refractivity contribution >= 4 is 63.0 Å². The maximum atomic E-state index is 12.0. The average Bonchev–Trinajstić information content (AvgIpc) is 3.23. The third-order valence-electron chi connectivity index (χ3n) is 3.77. The first-order valence-corrected chi connectivity index (χ1v) is 11.9. The van der Waals surface area contributed by atoms with Crippen LogP contribution < -0.4 is 14.9 Å². The Hall–Kier alpha value is -2.47. The summed E-state index contributed by atoms with van der Waals surface area (Å²) in [4.78, 5) is 12.0. The number of hydrogen-bond acceptors (Lipinski definition) is 9. The summed E-state index contributed by atoms with van der Waals surface area (Å²) in [6.07, 6.45) is 1.43. The number of carbonyl (C=O) groups is 1. The second kappa shape index (κ2) is 12.1. The lowest BCUT2D eigenvalue weighted by atomic mass is 10.2. The van der Waals surface area contributed by atoms with Gasteiger partial charge in [0.1, 0.15) is 5.75 Å². The molecule has 0 saturated carbocycles. The normalized spacial score (nSPS) is 11.0. The number of hydrazone groups is 1. The van der Waals surface area contributed by atoms with Gasteiger partial charge in [-0.3, -0.25) is 4.79 Å². The fourth-order valence-corrected chi connectivity index (χ4v) is 3.85. The zero-order valence-electron chi connectivity index (χ0n) is 17.0. The molecule has 0 atom stereocenters. The fraction of sp³-hybridized carbons (Fsp3) is 0.200. The van der Waals surface area contributed by atoms with Gasteiger partial charge < -0.3 is 19.0 Å². The van der Waals surface area contributed by atoms with Gasteiger partial charge in [-0.05, 0) is 58.7 Å². The molecule has 0 spiro atoms. The number of aromatic nitrogens is 2. The number of thioether (sulfide) groups is 1. The summed E-state index contributed by atoms with van der Waals surface area (Å²) in [6.45, 7) is 2.21. The highest BCUT2D eigenvalue weighted by molar-refractivity contribution is 9.10. The first kappa shape index (κ1) is 25.2. The minimum atomic E-state index is -0.372. The van der Waals surface area contributed by atoms with Gasteiger partial charge >= 0.3 is 0 Å². The van der Waals surface area contributed by atoms with Crippen LogP contribution in [0.2, 0.25) is 10.0 Å². The van der Waals surface area contributed by atoms with Crippen LogP contribution in [0.1, 0.15) is 18.4 Å². The predicted octanol–water partition coefficient (Wildman–Crippen LogP) is 5.06. The number of rotatable bonds is 10. The summed E-state index contributed by atoms with van der Waals surface area (Å²) in [6, 6.07) is 8.09. The van der Waals surface area contributed by atoms with E-state index in [0.717, 1.165) is 11.8 Å². The fourth-order valence-electron chi connectivity index (χ4n) is 2.36. The lowest BCUT2D eigenvalue weighted by Gasteiger charge is -2.08. The second-order valence-electron chi connectivity index (χ2n) is 6.19. The van der Waals surface area contributed by atoms with E-state index in [0.29, 0.717) is 38.2 Å². The number of hydrogen-bond donors (Lipinski definition) is 2. The molecule has 0 aliphatic heterocycles. The van der Waals surface area contributed by atoms with Crippen LogP contribution in [0.3, 0.4) is 0 Å². The Morgan fingerprint density at radius 3 is 2.85 bits per heavy atom. The third-order valence-corrected chi connectivity index (χ3v) is 5.73. The quantitative estimate of drug-likeness (QED) is 0.195. The van der Waals surface area contributed by atoms with E-state index in [2.05, 4.69) is 36.7 Å². The zero-order chi connectivity index (χ0) is 23.8. The molecular weight excluding hydrogens is 559 g/mol. The van der Waals surface area contributed by atoms with Gasteiger partial charge in [-0.25, -0.2) is 5.43 Å². The highest BCUT2D eigenvalue weighted by atomic mass is 79.9. The molecule has 0 aliphatic rings. The smallest absolute Gasteiger partial charge is 0.277 e. The van der Waals surface area contributed by atoms with Crippen LogP contribution in [0, 0.1) is 0 Å². The average molecular weight is 576 g/mol. The maximum Gasteiger partial charge on any atom is 0.277 e. The summed E-state index contributed by atoms with van der Waals surface area (Å²) < 4.78 is 16.8. The number of phenolic OH excluding ortho intramolecular Hbond substituents is 1. The van der Waals surface area contributed by atoms with E-state index in [1.54, 1.807) is 37.3 Å².